The lowest BCUT2D eigenvalue weighted by Gasteiger charge is -2.14. The van der Waals surface area contributed by atoms with Crippen molar-refractivity contribution < 1.29 is 0 Å². The molecule has 0 aliphatic rings. The first-order chi connectivity index (χ1) is 24.7. The zero-order valence-corrected chi connectivity index (χ0v) is 27.6. The number of hydrogen-bond donors (Lipinski definition) is 0. The number of benzene rings is 7. The van der Waals surface area contributed by atoms with E-state index in [0.717, 1.165) is 16.8 Å². The quantitative estimate of drug-likeness (QED) is 0.154. The van der Waals surface area contributed by atoms with Gasteiger partial charge in [0, 0.05) is 32.7 Å². The fourth-order valence-corrected chi connectivity index (χ4v) is 7.66. The molecular formula is C48H34N2. The summed E-state index contributed by atoms with van der Waals surface area (Å²) in [6, 6.07) is 59.2. The molecule has 7 aromatic carbocycles. The predicted molar refractivity (Wildman–Crippen MR) is 214 cm³/mol. The zero-order valence-electron chi connectivity index (χ0n) is 27.6. The van der Waals surface area contributed by atoms with Gasteiger partial charge in [0.25, 0.3) is 0 Å². The number of hydrogen-bond acceptors (Lipinski definition) is 0. The van der Waals surface area contributed by atoms with Gasteiger partial charge in [-0.1, -0.05) is 147 Å². The van der Waals surface area contributed by atoms with Crippen LogP contribution in [-0.2, 0) is 0 Å². The van der Waals surface area contributed by atoms with E-state index < -0.39 is 0 Å². The summed E-state index contributed by atoms with van der Waals surface area (Å²) < 4.78 is 4.80. The molecule has 2 nitrogen and oxygen atoms in total. The Balaban J connectivity index is 1.24. The standard InChI is InChI=1S/C48H34N2/c1-3-16-33(4-2)37-19-8-12-23-43(37)49-45-25-14-10-21-39(45)41-31-35(27-29-47(41)49)36-28-30-48-42(32-36)40-22-11-15-26-46(40)50(48)44-24-13-9-20-38(44)34-17-6-5-7-18-34/h3-32H,1-2H2/b33-16+. The van der Waals surface area contributed by atoms with Crippen LogP contribution < -0.4 is 0 Å². The van der Waals surface area contributed by atoms with Crippen LogP contribution in [0.15, 0.2) is 195 Å². The minimum Gasteiger partial charge on any atom is -0.309 e. The zero-order chi connectivity index (χ0) is 33.6. The number of aromatic nitrogens is 2. The summed E-state index contributed by atoms with van der Waals surface area (Å²) in [6.07, 6.45) is 5.74. The first kappa shape index (κ1) is 29.5. The van der Waals surface area contributed by atoms with Gasteiger partial charge in [-0.25, -0.2) is 0 Å². The Morgan fingerprint density at radius 1 is 0.420 bits per heavy atom. The van der Waals surface area contributed by atoms with E-state index in [0.29, 0.717) is 0 Å². The third-order valence-corrected chi connectivity index (χ3v) is 9.88. The van der Waals surface area contributed by atoms with Crippen LogP contribution in [0.5, 0.6) is 0 Å². The molecule has 0 aliphatic heterocycles. The van der Waals surface area contributed by atoms with E-state index in [4.69, 9.17) is 0 Å². The lowest BCUT2D eigenvalue weighted by Crippen LogP contribution is -1.98. The van der Waals surface area contributed by atoms with E-state index in [2.05, 4.69) is 186 Å². The first-order valence-electron chi connectivity index (χ1n) is 17.0. The van der Waals surface area contributed by atoms with Gasteiger partial charge in [0.05, 0.1) is 33.4 Å². The van der Waals surface area contributed by atoms with Gasteiger partial charge in [-0.05, 0) is 70.8 Å². The lowest BCUT2D eigenvalue weighted by molar-refractivity contribution is 1.17. The smallest absolute Gasteiger partial charge is 0.0541 e. The van der Waals surface area contributed by atoms with Gasteiger partial charge in [-0.2, -0.15) is 0 Å². The van der Waals surface area contributed by atoms with Gasteiger partial charge in [0.1, 0.15) is 0 Å². The third kappa shape index (κ3) is 4.65. The third-order valence-electron chi connectivity index (χ3n) is 9.88. The van der Waals surface area contributed by atoms with Gasteiger partial charge in [0.2, 0.25) is 0 Å². The van der Waals surface area contributed by atoms with E-state index in [1.807, 2.05) is 18.2 Å². The minimum absolute atomic E-state index is 1.04. The number of para-hydroxylation sites is 4. The summed E-state index contributed by atoms with van der Waals surface area (Å²) >= 11 is 0. The van der Waals surface area contributed by atoms with Crippen molar-refractivity contribution in [2.75, 3.05) is 0 Å². The molecule has 2 aromatic heterocycles. The maximum atomic E-state index is 4.10. The molecule has 9 rings (SSSR count). The Kier molecular flexibility index (Phi) is 7.14. The molecule has 0 unspecified atom stereocenters. The molecule has 0 radical (unpaired) electrons. The summed E-state index contributed by atoms with van der Waals surface area (Å²) in [5, 5.41) is 4.93. The molecule has 0 saturated carbocycles. The average Bonchev–Trinajstić information content (AvgIpc) is 3.69. The Morgan fingerprint density at radius 2 is 0.920 bits per heavy atom. The maximum absolute atomic E-state index is 4.10. The molecular weight excluding hydrogens is 605 g/mol. The van der Waals surface area contributed by atoms with E-state index in [1.54, 1.807) is 0 Å². The summed E-state index contributed by atoms with van der Waals surface area (Å²) in [5.41, 5.74) is 14.0. The molecule has 0 bridgehead atoms. The Bertz CT molecular complexity index is 2790. The Morgan fingerprint density at radius 3 is 1.54 bits per heavy atom. The molecule has 0 N–H and O–H groups in total. The number of allylic oxidation sites excluding steroid dienone is 4. The Hall–Kier alpha value is -6.64. The fourth-order valence-electron chi connectivity index (χ4n) is 7.66. The molecule has 236 valence electrons. The monoisotopic (exact) mass is 638 g/mol. The SMILES string of the molecule is C=C/C=C(\C=C)c1ccccc1-n1c2ccccc2c2cc(-c3ccc4c(c3)c3ccccc3n4-c3ccccc3-c3ccccc3)ccc21. The second-order valence-electron chi connectivity index (χ2n) is 12.6. The fraction of sp³-hybridized carbons (Fsp3) is 0. The van der Waals surface area contributed by atoms with E-state index in [1.165, 1.54) is 71.6 Å². The highest BCUT2D eigenvalue weighted by atomic mass is 15.0. The van der Waals surface area contributed by atoms with E-state index >= 15 is 0 Å². The van der Waals surface area contributed by atoms with Gasteiger partial charge < -0.3 is 9.13 Å². The van der Waals surface area contributed by atoms with Crippen LogP contribution >= 0.6 is 0 Å². The molecule has 0 amide bonds. The van der Waals surface area contributed by atoms with Crippen molar-refractivity contribution in [2.24, 2.45) is 0 Å². The molecule has 50 heavy (non-hydrogen) atoms. The van der Waals surface area contributed by atoms with Crippen LogP contribution in [0.4, 0.5) is 0 Å². The van der Waals surface area contributed by atoms with Crippen molar-refractivity contribution in [1.82, 2.24) is 9.13 Å². The maximum Gasteiger partial charge on any atom is 0.0541 e. The van der Waals surface area contributed by atoms with Gasteiger partial charge >= 0.3 is 0 Å². The second-order valence-corrected chi connectivity index (χ2v) is 12.6. The van der Waals surface area contributed by atoms with Crippen molar-refractivity contribution in [2.45, 2.75) is 0 Å². The van der Waals surface area contributed by atoms with Crippen molar-refractivity contribution in [3.63, 3.8) is 0 Å². The highest BCUT2D eigenvalue weighted by Gasteiger charge is 2.18. The van der Waals surface area contributed by atoms with E-state index in [9.17, 15) is 0 Å². The summed E-state index contributed by atoms with van der Waals surface area (Å²) in [7, 11) is 0. The molecule has 0 atom stereocenters. The van der Waals surface area contributed by atoms with Crippen molar-refractivity contribution in [3.8, 4) is 33.6 Å². The van der Waals surface area contributed by atoms with Crippen LogP contribution in [0.25, 0.3) is 82.8 Å². The second kappa shape index (κ2) is 12.1. The largest absolute Gasteiger partial charge is 0.309 e. The number of rotatable bonds is 7. The van der Waals surface area contributed by atoms with Crippen LogP contribution in [0.1, 0.15) is 5.56 Å². The molecule has 0 aliphatic carbocycles. The van der Waals surface area contributed by atoms with Crippen molar-refractivity contribution in [1.29, 1.82) is 0 Å². The molecule has 2 heteroatoms. The summed E-state index contributed by atoms with van der Waals surface area (Å²) in [5.74, 6) is 0. The van der Waals surface area contributed by atoms with Crippen molar-refractivity contribution >= 4 is 49.2 Å². The highest BCUT2D eigenvalue weighted by Crippen LogP contribution is 2.40. The Labute approximate surface area is 291 Å². The number of fused-ring (bicyclic) bond motifs is 6. The van der Waals surface area contributed by atoms with Crippen molar-refractivity contribution in [3.05, 3.63) is 201 Å². The summed E-state index contributed by atoms with van der Waals surface area (Å²) in [4.78, 5) is 0. The molecule has 2 heterocycles. The minimum atomic E-state index is 1.04. The van der Waals surface area contributed by atoms with Gasteiger partial charge in [-0.15, -0.1) is 0 Å². The average molecular weight is 639 g/mol. The lowest BCUT2D eigenvalue weighted by atomic mass is 10.0. The predicted octanol–water partition coefficient (Wildman–Crippen LogP) is 13.0. The summed E-state index contributed by atoms with van der Waals surface area (Å²) in [6.45, 7) is 8.04. The molecule has 0 saturated heterocycles. The molecule has 0 spiro atoms. The molecule has 0 fully saturated rings. The number of nitrogens with zero attached hydrogens (tertiary/aromatic N) is 2. The molecule has 9 aromatic rings. The van der Waals surface area contributed by atoms with Crippen LogP contribution in [0, 0.1) is 0 Å². The topological polar surface area (TPSA) is 9.86 Å². The van der Waals surface area contributed by atoms with Crippen LogP contribution in [0.3, 0.4) is 0 Å². The van der Waals surface area contributed by atoms with Crippen LogP contribution in [-0.4, -0.2) is 9.13 Å². The highest BCUT2D eigenvalue weighted by molar-refractivity contribution is 6.13. The van der Waals surface area contributed by atoms with Gasteiger partial charge in [0.15, 0.2) is 0 Å². The van der Waals surface area contributed by atoms with Gasteiger partial charge in [-0.3, -0.25) is 0 Å². The van der Waals surface area contributed by atoms with E-state index in [-0.39, 0.29) is 0 Å². The van der Waals surface area contributed by atoms with Crippen LogP contribution in [0.2, 0.25) is 0 Å². The normalized spacial score (nSPS) is 11.9. The first-order valence-corrected chi connectivity index (χ1v) is 17.0.